The predicted octanol–water partition coefficient (Wildman–Crippen LogP) is 1.54. The molecule has 0 amide bonds. The Kier molecular flexibility index (Phi) is 3.42. The minimum atomic E-state index is -0.0846. The second-order valence-corrected chi connectivity index (χ2v) is 4.01. The molecule has 4 N–H and O–H groups in total. The summed E-state index contributed by atoms with van der Waals surface area (Å²) in [7, 11) is 0. The van der Waals surface area contributed by atoms with Crippen molar-refractivity contribution >= 4 is 11.6 Å². The van der Waals surface area contributed by atoms with Gasteiger partial charge >= 0.3 is 0 Å². The van der Waals surface area contributed by atoms with Gasteiger partial charge in [-0.15, -0.1) is 0 Å². The van der Waals surface area contributed by atoms with E-state index in [0.29, 0.717) is 23.4 Å². The maximum Gasteiger partial charge on any atom is 0.216 e. The number of hydrogen-bond acceptors (Lipinski definition) is 7. The number of nitrogens with one attached hydrogen (secondary N) is 2. The van der Waals surface area contributed by atoms with Gasteiger partial charge in [0.1, 0.15) is 29.3 Å². The number of aryl methyl sites for hydroxylation is 2. The van der Waals surface area contributed by atoms with Gasteiger partial charge in [0.05, 0.1) is 6.20 Å². The summed E-state index contributed by atoms with van der Waals surface area (Å²) in [5.41, 5.74) is 2.50. The van der Waals surface area contributed by atoms with Crippen LogP contribution in [0.2, 0.25) is 0 Å². The van der Waals surface area contributed by atoms with E-state index in [4.69, 9.17) is 10.3 Å². The third-order valence-electron chi connectivity index (χ3n) is 2.36. The van der Waals surface area contributed by atoms with Gasteiger partial charge < -0.3 is 15.2 Å². The lowest BCUT2D eigenvalue weighted by Gasteiger charge is -2.12. The second kappa shape index (κ2) is 5.01. The molecule has 0 radical (unpaired) electrons. The maximum atomic E-state index is 5.45. The number of rotatable bonds is 4. The van der Waals surface area contributed by atoms with Crippen molar-refractivity contribution in [2.45, 2.75) is 26.8 Å². The van der Waals surface area contributed by atoms with Crippen LogP contribution in [-0.2, 0) is 0 Å². The molecule has 96 valence electrons. The Morgan fingerprint density at radius 2 is 2.00 bits per heavy atom. The van der Waals surface area contributed by atoms with Crippen LogP contribution in [0.15, 0.2) is 16.7 Å². The molecule has 7 heteroatoms. The average molecular weight is 248 g/mol. The van der Waals surface area contributed by atoms with Crippen LogP contribution >= 0.6 is 0 Å². The van der Waals surface area contributed by atoms with E-state index in [1.807, 2.05) is 13.8 Å². The van der Waals surface area contributed by atoms with Gasteiger partial charge in [-0.25, -0.2) is 20.8 Å². The molecule has 0 bridgehead atoms. The van der Waals surface area contributed by atoms with Crippen LogP contribution < -0.4 is 16.6 Å². The molecule has 0 saturated carbocycles. The number of nitrogen functional groups attached to an aromatic ring is 1. The number of hydrazine groups is 1. The highest BCUT2D eigenvalue weighted by Gasteiger charge is 2.12. The van der Waals surface area contributed by atoms with Gasteiger partial charge in [-0.3, -0.25) is 0 Å². The molecule has 0 aliphatic rings. The van der Waals surface area contributed by atoms with Crippen LogP contribution in [-0.4, -0.2) is 15.0 Å². The van der Waals surface area contributed by atoms with E-state index in [2.05, 4.69) is 25.7 Å². The largest absolute Gasteiger partial charge is 0.444 e. The first-order valence-corrected chi connectivity index (χ1v) is 5.59. The Morgan fingerprint density at radius 3 is 2.61 bits per heavy atom. The minimum absolute atomic E-state index is 0.0846. The van der Waals surface area contributed by atoms with Gasteiger partial charge in [-0.2, -0.15) is 0 Å². The van der Waals surface area contributed by atoms with E-state index in [0.717, 1.165) is 5.76 Å². The summed E-state index contributed by atoms with van der Waals surface area (Å²) in [5.74, 6) is 8.58. The van der Waals surface area contributed by atoms with Crippen molar-refractivity contribution in [2.75, 3.05) is 10.7 Å². The van der Waals surface area contributed by atoms with Crippen molar-refractivity contribution in [2.24, 2.45) is 5.84 Å². The molecule has 0 aliphatic heterocycles. The number of hydrogen-bond donors (Lipinski definition) is 3. The molecule has 18 heavy (non-hydrogen) atoms. The lowest BCUT2D eigenvalue weighted by molar-refractivity contribution is 0.453. The molecule has 0 fully saturated rings. The summed E-state index contributed by atoms with van der Waals surface area (Å²) in [6, 6.07) is 1.64. The van der Waals surface area contributed by atoms with Gasteiger partial charge in [0.25, 0.3) is 0 Å². The zero-order valence-electron chi connectivity index (χ0n) is 10.6. The van der Waals surface area contributed by atoms with E-state index in [-0.39, 0.29) is 6.04 Å². The number of anilines is 2. The summed E-state index contributed by atoms with van der Waals surface area (Å²) >= 11 is 0. The molecule has 2 aromatic rings. The Balaban J connectivity index is 2.16. The van der Waals surface area contributed by atoms with E-state index >= 15 is 0 Å². The topological polar surface area (TPSA) is 102 Å². The van der Waals surface area contributed by atoms with Crippen molar-refractivity contribution in [1.29, 1.82) is 0 Å². The van der Waals surface area contributed by atoms with Gasteiger partial charge in [0.2, 0.25) is 5.89 Å². The molecule has 2 heterocycles. The zero-order chi connectivity index (χ0) is 13.1. The second-order valence-electron chi connectivity index (χ2n) is 4.01. The molecule has 7 nitrogen and oxygen atoms in total. The Labute approximate surface area is 105 Å². The van der Waals surface area contributed by atoms with Crippen molar-refractivity contribution in [3.8, 4) is 0 Å². The highest BCUT2D eigenvalue weighted by atomic mass is 16.4. The van der Waals surface area contributed by atoms with Gasteiger partial charge in [-0.05, 0) is 20.8 Å². The van der Waals surface area contributed by atoms with Crippen molar-refractivity contribution in [1.82, 2.24) is 15.0 Å². The SMILES string of the molecule is Cc1nc(NN)cc(NC(C)c2ncc(C)o2)n1. The molecular weight excluding hydrogens is 232 g/mol. The molecule has 0 aromatic carbocycles. The van der Waals surface area contributed by atoms with E-state index < -0.39 is 0 Å². The number of nitrogens with zero attached hydrogens (tertiary/aromatic N) is 3. The first-order valence-electron chi connectivity index (χ1n) is 5.59. The first kappa shape index (κ1) is 12.3. The van der Waals surface area contributed by atoms with Crippen LogP contribution in [0.1, 0.15) is 30.4 Å². The lowest BCUT2D eigenvalue weighted by Crippen LogP contribution is -2.13. The fourth-order valence-electron chi connectivity index (χ4n) is 1.57. The lowest BCUT2D eigenvalue weighted by atomic mass is 10.3. The summed E-state index contributed by atoms with van der Waals surface area (Å²) in [6.07, 6.45) is 1.69. The van der Waals surface area contributed by atoms with E-state index in [9.17, 15) is 0 Å². The van der Waals surface area contributed by atoms with Crippen LogP contribution in [0.25, 0.3) is 0 Å². The highest BCUT2D eigenvalue weighted by molar-refractivity contribution is 5.47. The highest BCUT2D eigenvalue weighted by Crippen LogP contribution is 2.19. The summed E-state index contributed by atoms with van der Waals surface area (Å²) in [6.45, 7) is 5.60. The van der Waals surface area contributed by atoms with Gasteiger partial charge in [0.15, 0.2) is 0 Å². The molecule has 0 saturated heterocycles. The quantitative estimate of drug-likeness (QED) is 0.557. The molecule has 2 aromatic heterocycles. The van der Waals surface area contributed by atoms with Crippen molar-refractivity contribution < 1.29 is 4.42 Å². The Bertz CT molecular complexity index is 538. The molecule has 0 aliphatic carbocycles. The van der Waals surface area contributed by atoms with Gasteiger partial charge in [-0.1, -0.05) is 0 Å². The maximum absolute atomic E-state index is 5.45. The summed E-state index contributed by atoms with van der Waals surface area (Å²) < 4.78 is 5.45. The van der Waals surface area contributed by atoms with Crippen LogP contribution in [0, 0.1) is 13.8 Å². The minimum Gasteiger partial charge on any atom is -0.444 e. The first-order chi connectivity index (χ1) is 8.58. The number of oxazole rings is 1. The normalized spacial score (nSPS) is 12.2. The molecular formula is C11H16N6O. The fraction of sp³-hybridized carbons (Fsp3) is 0.364. The van der Waals surface area contributed by atoms with Crippen molar-refractivity contribution in [3.05, 3.63) is 29.7 Å². The number of aromatic nitrogens is 3. The Morgan fingerprint density at radius 1 is 1.28 bits per heavy atom. The van der Waals surface area contributed by atoms with Crippen LogP contribution in [0.3, 0.4) is 0 Å². The molecule has 2 rings (SSSR count). The van der Waals surface area contributed by atoms with E-state index in [1.165, 1.54) is 0 Å². The van der Waals surface area contributed by atoms with Crippen molar-refractivity contribution in [3.63, 3.8) is 0 Å². The predicted molar refractivity (Wildman–Crippen MR) is 67.9 cm³/mol. The van der Waals surface area contributed by atoms with E-state index in [1.54, 1.807) is 19.2 Å². The zero-order valence-corrected chi connectivity index (χ0v) is 10.6. The van der Waals surface area contributed by atoms with Gasteiger partial charge in [0, 0.05) is 6.07 Å². The Hall–Kier alpha value is -2.15. The third kappa shape index (κ3) is 2.75. The summed E-state index contributed by atoms with van der Waals surface area (Å²) in [5, 5.41) is 3.18. The number of nitrogens with two attached hydrogens (primary N) is 1. The molecule has 0 spiro atoms. The smallest absolute Gasteiger partial charge is 0.216 e. The third-order valence-corrected chi connectivity index (χ3v) is 2.36. The summed E-state index contributed by atoms with van der Waals surface area (Å²) in [4.78, 5) is 12.5. The monoisotopic (exact) mass is 248 g/mol. The molecule has 1 unspecified atom stereocenters. The van der Waals surface area contributed by atoms with Crippen LogP contribution in [0.5, 0.6) is 0 Å². The van der Waals surface area contributed by atoms with Crippen LogP contribution in [0.4, 0.5) is 11.6 Å². The standard InChI is InChI=1S/C11H16N6O/c1-6-5-13-11(18-6)7(2)14-9-4-10(17-12)16-8(3)15-9/h4-5,7H,12H2,1-3H3,(H2,14,15,16,17). The fourth-order valence-corrected chi connectivity index (χ4v) is 1.57. The molecule has 1 atom stereocenters. The average Bonchev–Trinajstić information content (AvgIpc) is 2.75.